The van der Waals surface area contributed by atoms with E-state index in [0.717, 1.165) is 28.0 Å². The number of ether oxygens (including phenoxy) is 2. The van der Waals surface area contributed by atoms with Gasteiger partial charge in [0.05, 0.1) is 18.7 Å². The van der Waals surface area contributed by atoms with Crippen molar-refractivity contribution in [3.63, 3.8) is 0 Å². The lowest BCUT2D eigenvalue weighted by atomic mass is 10.1. The Bertz CT molecular complexity index is 302. The van der Waals surface area contributed by atoms with Crippen LogP contribution in [0, 0.1) is 0 Å². The van der Waals surface area contributed by atoms with Crippen LogP contribution in [0.4, 0.5) is 0 Å². The zero-order chi connectivity index (χ0) is 9.84. The Labute approximate surface area is 93.1 Å². The van der Waals surface area contributed by atoms with Gasteiger partial charge in [-0.05, 0) is 40.0 Å². The SMILES string of the molecule is CCc1cc(OC)c(Br)cc1OC.N. The lowest BCUT2D eigenvalue weighted by Crippen LogP contribution is -1.93. The van der Waals surface area contributed by atoms with E-state index < -0.39 is 0 Å². The van der Waals surface area contributed by atoms with Crippen LogP contribution in [0.3, 0.4) is 0 Å². The molecule has 0 aliphatic heterocycles. The molecule has 1 aromatic carbocycles. The van der Waals surface area contributed by atoms with Gasteiger partial charge in [-0.1, -0.05) is 6.92 Å². The number of methoxy groups -OCH3 is 2. The molecule has 14 heavy (non-hydrogen) atoms. The van der Waals surface area contributed by atoms with Gasteiger partial charge in [0.1, 0.15) is 11.5 Å². The first-order valence-corrected chi connectivity index (χ1v) is 4.92. The second-order valence-electron chi connectivity index (χ2n) is 2.65. The zero-order valence-corrected chi connectivity index (χ0v) is 10.3. The molecule has 0 aliphatic rings. The van der Waals surface area contributed by atoms with E-state index in [1.54, 1.807) is 14.2 Å². The van der Waals surface area contributed by atoms with Crippen molar-refractivity contribution < 1.29 is 9.47 Å². The maximum absolute atomic E-state index is 5.23. The Morgan fingerprint density at radius 3 is 2.14 bits per heavy atom. The lowest BCUT2D eigenvalue weighted by molar-refractivity contribution is 0.397. The summed E-state index contributed by atoms with van der Waals surface area (Å²) in [4.78, 5) is 0. The summed E-state index contributed by atoms with van der Waals surface area (Å²) in [5, 5.41) is 0. The Balaban J connectivity index is 0.00000169. The summed E-state index contributed by atoms with van der Waals surface area (Å²) < 4.78 is 11.3. The first-order chi connectivity index (χ1) is 6.22. The number of benzene rings is 1. The van der Waals surface area contributed by atoms with Crippen molar-refractivity contribution in [3.8, 4) is 11.5 Å². The number of hydrogen-bond acceptors (Lipinski definition) is 3. The molecule has 80 valence electrons. The monoisotopic (exact) mass is 261 g/mol. The van der Waals surface area contributed by atoms with Crippen molar-refractivity contribution in [2.75, 3.05) is 14.2 Å². The normalized spacial score (nSPS) is 9.14. The van der Waals surface area contributed by atoms with Crippen LogP contribution in [-0.4, -0.2) is 14.2 Å². The fourth-order valence-corrected chi connectivity index (χ4v) is 1.68. The fourth-order valence-electron chi connectivity index (χ4n) is 1.20. The second-order valence-corrected chi connectivity index (χ2v) is 3.51. The second kappa shape index (κ2) is 5.88. The number of halogens is 1. The number of rotatable bonds is 3. The van der Waals surface area contributed by atoms with Gasteiger partial charge in [0.15, 0.2) is 0 Å². The molecule has 0 amide bonds. The number of aryl methyl sites for hydroxylation is 1. The van der Waals surface area contributed by atoms with Gasteiger partial charge >= 0.3 is 0 Å². The van der Waals surface area contributed by atoms with Crippen molar-refractivity contribution >= 4 is 15.9 Å². The molecule has 0 radical (unpaired) electrons. The van der Waals surface area contributed by atoms with Crippen LogP contribution < -0.4 is 15.6 Å². The molecule has 4 heteroatoms. The van der Waals surface area contributed by atoms with E-state index in [2.05, 4.69) is 22.9 Å². The highest BCUT2D eigenvalue weighted by molar-refractivity contribution is 9.10. The molecule has 3 nitrogen and oxygen atoms in total. The highest BCUT2D eigenvalue weighted by atomic mass is 79.9. The minimum atomic E-state index is 0. The van der Waals surface area contributed by atoms with Crippen LogP contribution in [0.25, 0.3) is 0 Å². The van der Waals surface area contributed by atoms with Crippen LogP contribution >= 0.6 is 15.9 Å². The zero-order valence-electron chi connectivity index (χ0n) is 8.76. The van der Waals surface area contributed by atoms with Gasteiger partial charge in [-0.3, -0.25) is 0 Å². The minimum Gasteiger partial charge on any atom is -0.496 e. The summed E-state index contributed by atoms with van der Waals surface area (Å²) in [7, 11) is 3.33. The summed E-state index contributed by atoms with van der Waals surface area (Å²) in [6.07, 6.45) is 0.937. The molecule has 0 aliphatic carbocycles. The summed E-state index contributed by atoms with van der Waals surface area (Å²) in [6.45, 7) is 2.09. The van der Waals surface area contributed by atoms with E-state index in [-0.39, 0.29) is 6.15 Å². The molecule has 1 rings (SSSR count). The van der Waals surface area contributed by atoms with Crippen LogP contribution in [-0.2, 0) is 6.42 Å². The van der Waals surface area contributed by atoms with Gasteiger partial charge in [0.2, 0.25) is 0 Å². The number of hydrogen-bond donors (Lipinski definition) is 1. The Morgan fingerprint density at radius 2 is 1.71 bits per heavy atom. The maximum atomic E-state index is 5.23. The van der Waals surface area contributed by atoms with E-state index in [9.17, 15) is 0 Å². The van der Waals surface area contributed by atoms with E-state index >= 15 is 0 Å². The molecule has 0 heterocycles. The molecule has 0 atom stereocenters. The van der Waals surface area contributed by atoms with E-state index in [1.807, 2.05) is 12.1 Å². The van der Waals surface area contributed by atoms with Crippen molar-refractivity contribution in [1.82, 2.24) is 6.15 Å². The quantitative estimate of drug-likeness (QED) is 0.910. The standard InChI is InChI=1S/C10H13BrO2.H3N/c1-4-7-5-10(13-3)8(11)6-9(7)12-2;/h5-6H,4H2,1-3H3;1H3. The minimum absolute atomic E-state index is 0. The highest BCUT2D eigenvalue weighted by Gasteiger charge is 2.07. The van der Waals surface area contributed by atoms with Gasteiger partial charge in [-0.15, -0.1) is 0 Å². The third-order valence-electron chi connectivity index (χ3n) is 1.94. The maximum Gasteiger partial charge on any atom is 0.133 e. The Kier molecular flexibility index (Phi) is 5.57. The highest BCUT2D eigenvalue weighted by Crippen LogP contribution is 2.32. The largest absolute Gasteiger partial charge is 0.496 e. The summed E-state index contributed by atoms with van der Waals surface area (Å²) in [6, 6.07) is 3.92. The molecule has 0 saturated carbocycles. The van der Waals surface area contributed by atoms with Crippen molar-refractivity contribution in [2.24, 2.45) is 0 Å². The molecular formula is C10H16BrNO2. The van der Waals surface area contributed by atoms with Gasteiger partial charge in [0.25, 0.3) is 0 Å². The molecule has 3 N–H and O–H groups in total. The molecule has 0 aromatic heterocycles. The van der Waals surface area contributed by atoms with Crippen molar-refractivity contribution in [3.05, 3.63) is 22.2 Å². The van der Waals surface area contributed by atoms with Gasteiger partial charge < -0.3 is 15.6 Å². The predicted octanol–water partition coefficient (Wildman–Crippen LogP) is 3.19. The fraction of sp³-hybridized carbons (Fsp3) is 0.400. The van der Waals surface area contributed by atoms with Crippen LogP contribution in [0.15, 0.2) is 16.6 Å². The summed E-state index contributed by atoms with van der Waals surface area (Å²) >= 11 is 3.41. The first kappa shape index (κ1) is 13.3. The van der Waals surface area contributed by atoms with Crippen LogP contribution in [0.5, 0.6) is 11.5 Å². The van der Waals surface area contributed by atoms with Crippen LogP contribution in [0.1, 0.15) is 12.5 Å². The van der Waals surface area contributed by atoms with Gasteiger partial charge in [0, 0.05) is 0 Å². The van der Waals surface area contributed by atoms with Crippen LogP contribution in [0.2, 0.25) is 0 Å². The topological polar surface area (TPSA) is 53.5 Å². The summed E-state index contributed by atoms with van der Waals surface area (Å²) in [5.41, 5.74) is 1.16. The average molecular weight is 262 g/mol. The summed E-state index contributed by atoms with van der Waals surface area (Å²) in [5.74, 6) is 1.74. The average Bonchev–Trinajstić information content (AvgIpc) is 2.17. The smallest absolute Gasteiger partial charge is 0.133 e. The Morgan fingerprint density at radius 1 is 1.14 bits per heavy atom. The first-order valence-electron chi connectivity index (χ1n) is 4.13. The molecular weight excluding hydrogens is 246 g/mol. The Hall–Kier alpha value is -0.740. The third kappa shape index (κ3) is 2.62. The van der Waals surface area contributed by atoms with Gasteiger partial charge in [-0.2, -0.15) is 0 Å². The molecule has 0 spiro atoms. The van der Waals surface area contributed by atoms with E-state index in [4.69, 9.17) is 9.47 Å². The predicted molar refractivity (Wildman–Crippen MR) is 61.6 cm³/mol. The molecule has 0 saturated heterocycles. The molecule has 0 unspecified atom stereocenters. The van der Waals surface area contributed by atoms with Crippen molar-refractivity contribution in [2.45, 2.75) is 13.3 Å². The third-order valence-corrected chi connectivity index (χ3v) is 2.56. The molecule has 0 fully saturated rings. The van der Waals surface area contributed by atoms with Crippen molar-refractivity contribution in [1.29, 1.82) is 0 Å². The molecule has 0 bridgehead atoms. The van der Waals surface area contributed by atoms with E-state index in [1.165, 1.54) is 0 Å². The molecule has 1 aromatic rings. The lowest BCUT2D eigenvalue weighted by Gasteiger charge is -2.10. The van der Waals surface area contributed by atoms with Gasteiger partial charge in [-0.25, -0.2) is 0 Å². The van der Waals surface area contributed by atoms with E-state index in [0.29, 0.717) is 0 Å².